The van der Waals surface area contributed by atoms with Crippen LogP contribution in [0.1, 0.15) is 39.2 Å². The molecule has 2 heterocycles. The Balaban J connectivity index is 1.78. The summed E-state index contributed by atoms with van der Waals surface area (Å²) in [6, 6.07) is 10.3. The lowest BCUT2D eigenvalue weighted by Gasteiger charge is -2.41. The number of hydrogen-bond donors (Lipinski definition) is 3. The Labute approximate surface area is 142 Å². The lowest BCUT2D eigenvalue weighted by Crippen LogP contribution is -2.53. The number of hydrogen-bond acceptors (Lipinski definition) is 6. The minimum Gasteiger partial charge on any atom is -0.444 e. The zero-order valence-electron chi connectivity index (χ0n) is 14.4. The highest BCUT2D eigenvalue weighted by atomic mass is 16.6. The molecule has 7 heteroatoms. The van der Waals surface area contributed by atoms with Gasteiger partial charge >= 0.3 is 6.09 Å². The molecule has 0 unspecified atom stereocenters. The Hall–Kier alpha value is -2.28. The van der Waals surface area contributed by atoms with Crippen molar-refractivity contribution in [1.29, 1.82) is 0 Å². The summed E-state index contributed by atoms with van der Waals surface area (Å²) in [5.74, 6) is 0.859. The standard InChI is InChI=1S/C17H25N5O2/c1-16(2,3)24-15(23)22-11-9-17(10-12-22,14-18-20-21-19-14)13-7-5-4-6-8-13/h4-8,20-21H,9-12H2,1-3H3,(H,18,19). The summed E-state index contributed by atoms with van der Waals surface area (Å²) >= 11 is 0. The summed E-state index contributed by atoms with van der Waals surface area (Å²) in [4.78, 5) is 14.1. The number of rotatable bonds is 2. The van der Waals surface area contributed by atoms with E-state index in [-0.39, 0.29) is 11.5 Å². The molecule has 24 heavy (non-hydrogen) atoms. The summed E-state index contributed by atoms with van der Waals surface area (Å²) in [7, 11) is 0. The molecule has 2 aliphatic heterocycles. The van der Waals surface area contributed by atoms with Crippen molar-refractivity contribution < 1.29 is 9.53 Å². The third kappa shape index (κ3) is 3.31. The summed E-state index contributed by atoms with van der Waals surface area (Å²) in [6.07, 6.45) is 1.32. The van der Waals surface area contributed by atoms with Crippen molar-refractivity contribution >= 4 is 11.9 Å². The number of ether oxygens (including phenoxy) is 1. The molecule has 2 aliphatic rings. The quantitative estimate of drug-likeness (QED) is 0.771. The van der Waals surface area contributed by atoms with Crippen LogP contribution in [0, 0.1) is 0 Å². The Bertz CT molecular complexity index is 616. The normalized spacial score (nSPS) is 20.0. The molecule has 0 aromatic heterocycles. The van der Waals surface area contributed by atoms with Crippen molar-refractivity contribution in [1.82, 2.24) is 21.4 Å². The molecule has 1 fully saturated rings. The highest BCUT2D eigenvalue weighted by molar-refractivity contribution is 5.93. The zero-order valence-corrected chi connectivity index (χ0v) is 14.4. The fourth-order valence-corrected chi connectivity index (χ4v) is 3.24. The largest absolute Gasteiger partial charge is 0.444 e. The first-order chi connectivity index (χ1) is 11.4. The second kappa shape index (κ2) is 6.32. The summed E-state index contributed by atoms with van der Waals surface area (Å²) in [5.41, 5.74) is 9.16. The van der Waals surface area contributed by atoms with E-state index in [1.54, 1.807) is 4.90 Å². The summed E-state index contributed by atoms with van der Waals surface area (Å²) in [6.45, 7) is 6.92. The Morgan fingerprint density at radius 2 is 1.88 bits per heavy atom. The van der Waals surface area contributed by atoms with E-state index in [1.165, 1.54) is 5.56 Å². The average molecular weight is 331 g/mol. The van der Waals surface area contributed by atoms with Crippen LogP contribution in [0.5, 0.6) is 0 Å². The van der Waals surface area contributed by atoms with E-state index < -0.39 is 5.60 Å². The lowest BCUT2D eigenvalue weighted by molar-refractivity contribution is 0.0188. The molecule has 0 aliphatic carbocycles. The van der Waals surface area contributed by atoms with Gasteiger partial charge in [0.25, 0.3) is 0 Å². The third-order valence-corrected chi connectivity index (χ3v) is 4.45. The number of amidine groups is 1. The van der Waals surface area contributed by atoms with E-state index in [4.69, 9.17) is 4.74 Å². The molecular formula is C17H25N5O2. The van der Waals surface area contributed by atoms with Crippen LogP contribution >= 0.6 is 0 Å². The maximum Gasteiger partial charge on any atom is 0.410 e. The van der Waals surface area contributed by atoms with E-state index in [0.29, 0.717) is 13.1 Å². The number of hydrazone groups is 1. The molecule has 1 aromatic rings. The second-order valence-electron chi connectivity index (χ2n) is 7.24. The van der Waals surface area contributed by atoms with Crippen LogP contribution in [-0.4, -0.2) is 35.5 Å². The Kier molecular flexibility index (Phi) is 4.36. The van der Waals surface area contributed by atoms with E-state index in [2.05, 4.69) is 33.7 Å². The average Bonchev–Trinajstić information content (AvgIpc) is 3.09. The zero-order chi connectivity index (χ0) is 17.2. The fourth-order valence-electron chi connectivity index (χ4n) is 3.24. The molecule has 1 saturated heterocycles. The molecule has 0 atom stereocenters. The summed E-state index contributed by atoms with van der Waals surface area (Å²) in [5, 5.41) is 4.35. The lowest BCUT2D eigenvalue weighted by atomic mass is 9.72. The molecule has 0 radical (unpaired) electrons. The van der Waals surface area contributed by atoms with Gasteiger partial charge in [0.05, 0.1) is 5.41 Å². The van der Waals surface area contributed by atoms with Crippen LogP contribution in [0.15, 0.2) is 35.4 Å². The number of piperidine rings is 1. The number of likely N-dealkylation sites (tertiary alicyclic amines) is 1. The number of nitrogens with one attached hydrogen (secondary N) is 3. The highest BCUT2D eigenvalue weighted by Gasteiger charge is 2.43. The van der Waals surface area contributed by atoms with Crippen molar-refractivity contribution in [2.45, 2.75) is 44.6 Å². The first kappa shape index (κ1) is 16.6. The van der Waals surface area contributed by atoms with Crippen LogP contribution in [-0.2, 0) is 10.2 Å². The van der Waals surface area contributed by atoms with E-state index in [9.17, 15) is 4.79 Å². The van der Waals surface area contributed by atoms with Gasteiger partial charge in [-0.15, -0.1) is 10.6 Å². The number of carbonyl (C=O) groups is 1. The van der Waals surface area contributed by atoms with Crippen LogP contribution in [0.25, 0.3) is 0 Å². The van der Waals surface area contributed by atoms with E-state index in [1.807, 2.05) is 39.0 Å². The topological polar surface area (TPSA) is 78.0 Å². The van der Waals surface area contributed by atoms with Crippen molar-refractivity contribution in [3.8, 4) is 0 Å². The molecule has 0 spiro atoms. The van der Waals surface area contributed by atoms with Gasteiger partial charge in [-0.3, -0.25) is 5.43 Å². The van der Waals surface area contributed by atoms with E-state index >= 15 is 0 Å². The number of carbonyl (C=O) groups excluding carboxylic acids is 1. The molecule has 3 rings (SSSR count). The third-order valence-electron chi connectivity index (χ3n) is 4.45. The maximum absolute atomic E-state index is 12.3. The van der Waals surface area contributed by atoms with Crippen LogP contribution in [0.2, 0.25) is 0 Å². The Morgan fingerprint density at radius 1 is 1.21 bits per heavy atom. The SMILES string of the molecule is CC(C)(C)OC(=O)N1CCC(C2=NNNN2)(c2ccccc2)CC1. The smallest absolute Gasteiger partial charge is 0.410 e. The van der Waals surface area contributed by atoms with Crippen LogP contribution in [0.3, 0.4) is 0 Å². The summed E-state index contributed by atoms with van der Waals surface area (Å²) < 4.78 is 5.49. The monoisotopic (exact) mass is 331 g/mol. The predicted molar refractivity (Wildman–Crippen MR) is 92.0 cm³/mol. The van der Waals surface area contributed by atoms with Gasteiger partial charge in [-0.25, -0.2) is 10.3 Å². The van der Waals surface area contributed by atoms with Gasteiger partial charge in [-0.1, -0.05) is 30.3 Å². The molecule has 1 amide bonds. The van der Waals surface area contributed by atoms with Crippen LogP contribution < -0.4 is 16.5 Å². The molecule has 1 aromatic carbocycles. The second-order valence-corrected chi connectivity index (χ2v) is 7.24. The minimum absolute atomic E-state index is 0.240. The van der Waals surface area contributed by atoms with Crippen LogP contribution in [0.4, 0.5) is 4.79 Å². The van der Waals surface area contributed by atoms with Gasteiger partial charge < -0.3 is 9.64 Å². The highest BCUT2D eigenvalue weighted by Crippen LogP contribution is 2.37. The van der Waals surface area contributed by atoms with Crippen molar-refractivity contribution in [3.63, 3.8) is 0 Å². The number of benzene rings is 1. The minimum atomic E-state index is -0.476. The van der Waals surface area contributed by atoms with Gasteiger partial charge in [0.2, 0.25) is 0 Å². The molecule has 3 N–H and O–H groups in total. The predicted octanol–water partition coefficient (Wildman–Crippen LogP) is 1.88. The van der Waals surface area contributed by atoms with Gasteiger partial charge in [-0.05, 0) is 39.2 Å². The number of hydrazine groups is 2. The molecule has 0 bridgehead atoms. The number of nitrogens with zero attached hydrogens (tertiary/aromatic N) is 2. The van der Waals surface area contributed by atoms with Crippen molar-refractivity contribution in [2.75, 3.05) is 13.1 Å². The van der Waals surface area contributed by atoms with Gasteiger partial charge in [0.15, 0.2) is 0 Å². The van der Waals surface area contributed by atoms with Gasteiger partial charge in [0.1, 0.15) is 11.4 Å². The maximum atomic E-state index is 12.3. The number of amides is 1. The van der Waals surface area contributed by atoms with Crippen molar-refractivity contribution in [2.24, 2.45) is 5.10 Å². The first-order valence-electron chi connectivity index (χ1n) is 8.28. The van der Waals surface area contributed by atoms with Gasteiger partial charge in [0, 0.05) is 13.1 Å². The molecule has 130 valence electrons. The molecular weight excluding hydrogens is 306 g/mol. The molecule has 0 saturated carbocycles. The van der Waals surface area contributed by atoms with Crippen molar-refractivity contribution in [3.05, 3.63) is 35.9 Å². The Morgan fingerprint density at radius 3 is 2.42 bits per heavy atom. The molecule has 7 nitrogen and oxygen atoms in total. The first-order valence-corrected chi connectivity index (χ1v) is 8.28. The fraction of sp³-hybridized carbons (Fsp3) is 0.529. The van der Waals surface area contributed by atoms with Gasteiger partial charge in [-0.2, -0.15) is 0 Å². The van der Waals surface area contributed by atoms with E-state index in [0.717, 1.165) is 18.7 Å².